The van der Waals surface area contributed by atoms with Gasteiger partial charge in [-0.05, 0) is 26.3 Å². The Morgan fingerprint density at radius 1 is 1.44 bits per heavy atom. The zero-order chi connectivity index (χ0) is 11.8. The Balaban J connectivity index is 2.29. The number of rotatable bonds is 1. The fourth-order valence-electron chi connectivity index (χ4n) is 2.56. The summed E-state index contributed by atoms with van der Waals surface area (Å²) in [5.74, 6) is 0. The summed E-state index contributed by atoms with van der Waals surface area (Å²) in [6.45, 7) is 10.2. The minimum atomic E-state index is 0.174. The first kappa shape index (κ1) is 11.6. The van der Waals surface area contributed by atoms with E-state index in [9.17, 15) is 0 Å². The molecule has 16 heavy (non-hydrogen) atoms. The van der Waals surface area contributed by atoms with Gasteiger partial charge in [-0.2, -0.15) is 0 Å². The summed E-state index contributed by atoms with van der Waals surface area (Å²) in [6, 6.07) is 1.11. The molecule has 2 heterocycles. The standard InChI is InChI=1S/C13H23N3/c1-10-11(6-5-7-15-10)16-9-14-8-12(16)13(2,3)4/h8-11,15H,5-7H2,1-4H3. The van der Waals surface area contributed by atoms with Gasteiger partial charge in [-0.15, -0.1) is 0 Å². The molecule has 3 heteroatoms. The monoisotopic (exact) mass is 221 g/mol. The fraction of sp³-hybridized carbons (Fsp3) is 0.769. The second-order valence-corrected chi connectivity index (χ2v) is 5.89. The Hall–Kier alpha value is -0.830. The molecule has 2 atom stereocenters. The maximum absolute atomic E-state index is 4.33. The highest BCUT2D eigenvalue weighted by Gasteiger charge is 2.27. The smallest absolute Gasteiger partial charge is 0.0951 e. The molecule has 1 fully saturated rings. The number of piperidine rings is 1. The van der Waals surface area contributed by atoms with Crippen molar-refractivity contribution in [3.05, 3.63) is 18.2 Å². The molecule has 2 unspecified atom stereocenters. The van der Waals surface area contributed by atoms with Crippen molar-refractivity contribution < 1.29 is 0 Å². The molecule has 1 saturated heterocycles. The van der Waals surface area contributed by atoms with Crippen molar-refractivity contribution in [2.24, 2.45) is 0 Å². The zero-order valence-electron chi connectivity index (χ0n) is 10.8. The SMILES string of the molecule is CC1NCCCC1n1cncc1C(C)(C)C. The van der Waals surface area contributed by atoms with Crippen LogP contribution in [0.3, 0.4) is 0 Å². The van der Waals surface area contributed by atoms with Gasteiger partial charge in [-0.1, -0.05) is 20.8 Å². The summed E-state index contributed by atoms with van der Waals surface area (Å²) >= 11 is 0. The average molecular weight is 221 g/mol. The predicted molar refractivity (Wildman–Crippen MR) is 66.7 cm³/mol. The highest BCUT2D eigenvalue weighted by Crippen LogP contribution is 2.29. The molecule has 0 spiro atoms. The maximum atomic E-state index is 4.33. The third kappa shape index (κ3) is 2.14. The van der Waals surface area contributed by atoms with Gasteiger partial charge in [0.2, 0.25) is 0 Å². The molecule has 0 bridgehead atoms. The lowest BCUT2D eigenvalue weighted by atomic mass is 9.91. The van der Waals surface area contributed by atoms with Crippen molar-refractivity contribution in [2.75, 3.05) is 6.54 Å². The van der Waals surface area contributed by atoms with Gasteiger partial charge in [0.05, 0.1) is 6.33 Å². The van der Waals surface area contributed by atoms with Crippen molar-refractivity contribution in [3.63, 3.8) is 0 Å². The summed E-state index contributed by atoms with van der Waals surface area (Å²) < 4.78 is 2.37. The van der Waals surface area contributed by atoms with E-state index in [4.69, 9.17) is 0 Å². The van der Waals surface area contributed by atoms with E-state index in [1.54, 1.807) is 0 Å². The second-order valence-electron chi connectivity index (χ2n) is 5.89. The second kappa shape index (κ2) is 4.21. The molecule has 2 rings (SSSR count). The van der Waals surface area contributed by atoms with E-state index in [1.807, 2.05) is 12.5 Å². The van der Waals surface area contributed by atoms with Crippen molar-refractivity contribution in [1.29, 1.82) is 0 Å². The Kier molecular flexibility index (Phi) is 3.06. The largest absolute Gasteiger partial charge is 0.329 e. The van der Waals surface area contributed by atoms with Crippen LogP contribution in [0.2, 0.25) is 0 Å². The van der Waals surface area contributed by atoms with Crippen LogP contribution in [-0.2, 0) is 5.41 Å². The van der Waals surface area contributed by atoms with Crippen LogP contribution in [0.4, 0.5) is 0 Å². The number of imidazole rings is 1. The van der Waals surface area contributed by atoms with Gasteiger partial charge in [-0.25, -0.2) is 4.98 Å². The number of hydrogen-bond donors (Lipinski definition) is 1. The van der Waals surface area contributed by atoms with Crippen LogP contribution in [0, 0.1) is 0 Å². The minimum Gasteiger partial charge on any atom is -0.329 e. The van der Waals surface area contributed by atoms with Gasteiger partial charge in [0.15, 0.2) is 0 Å². The molecule has 0 saturated carbocycles. The molecule has 1 aromatic heterocycles. The molecular weight excluding hydrogens is 198 g/mol. The van der Waals surface area contributed by atoms with Gasteiger partial charge in [0.1, 0.15) is 0 Å². The molecule has 1 aliphatic heterocycles. The normalized spacial score (nSPS) is 27.0. The van der Waals surface area contributed by atoms with Crippen molar-refractivity contribution in [1.82, 2.24) is 14.9 Å². The quantitative estimate of drug-likeness (QED) is 0.789. The van der Waals surface area contributed by atoms with Crippen molar-refractivity contribution >= 4 is 0 Å². The van der Waals surface area contributed by atoms with Crippen LogP contribution in [0.25, 0.3) is 0 Å². The molecule has 0 aromatic carbocycles. The highest BCUT2D eigenvalue weighted by atomic mass is 15.1. The Bertz CT molecular complexity index is 348. The van der Waals surface area contributed by atoms with Crippen LogP contribution < -0.4 is 5.32 Å². The van der Waals surface area contributed by atoms with E-state index < -0.39 is 0 Å². The van der Waals surface area contributed by atoms with Crippen LogP contribution in [0.1, 0.15) is 52.3 Å². The Morgan fingerprint density at radius 2 is 2.19 bits per heavy atom. The number of nitrogens with zero attached hydrogens (tertiary/aromatic N) is 2. The van der Waals surface area contributed by atoms with Crippen LogP contribution in [-0.4, -0.2) is 22.1 Å². The predicted octanol–water partition coefficient (Wildman–Crippen LogP) is 2.49. The molecule has 1 N–H and O–H groups in total. The lowest BCUT2D eigenvalue weighted by Crippen LogP contribution is -2.41. The molecular formula is C13H23N3. The number of nitrogens with one attached hydrogen (secondary N) is 1. The molecule has 3 nitrogen and oxygen atoms in total. The van der Waals surface area contributed by atoms with Crippen LogP contribution in [0.5, 0.6) is 0 Å². The number of hydrogen-bond acceptors (Lipinski definition) is 2. The average Bonchev–Trinajstić information content (AvgIpc) is 2.66. The first-order valence-electron chi connectivity index (χ1n) is 6.26. The zero-order valence-corrected chi connectivity index (χ0v) is 10.8. The van der Waals surface area contributed by atoms with Gasteiger partial charge >= 0.3 is 0 Å². The first-order chi connectivity index (χ1) is 7.50. The van der Waals surface area contributed by atoms with E-state index in [2.05, 4.69) is 42.6 Å². The summed E-state index contributed by atoms with van der Waals surface area (Å²) in [5.41, 5.74) is 1.52. The summed E-state index contributed by atoms with van der Waals surface area (Å²) in [6.07, 6.45) is 6.53. The van der Waals surface area contributed by atoms with Crippen molar-refractivity contribution in [3.8, 4) is 0 Å². The molecule has 90 valence electrons. The van der Waals surface area contributed by atoms with Gasteiger partial charge in [0, 0.05) is 29.4 Å². The lowest BCUT2D eigenvalue weighted by Gasteiger charge is -2.34. The van der Waals surface area contributed by atoms with Crippen molar-refractivity contribution in [2.45, 2.75) is 58.0 Å². The van der Waals surface area contributed by atoms with Crippen LogP contribution >= 0.6 is 0 Å². The Morgan fingerprint density at radius 3 is 2.81 bits per heavy atom. The third-order valence-corrected chi connectivity index (χ3v) is 3.51. The summed E-state index contributed by atoms with van der Waals surface area (Å²) in [5, 5.41) is 3.55. The highest BCUT2D eigenvalue weighted by molar-refractivity contribution is 5.12. The molecule has 1 aromatic rings. The number of aromatic nitrogens is 2. The summed E-state index contributed by atoms with van der Waals surface area (Å²) in [4.78, 5) is 4.33. The van der Waals surface area contributed by atoms with E-state index in [0.29, 0.717) is 12.1 Å². The Labute approximate surface area is 98.3 Å². The fourth-order valence-corrected chi connectivity index (χ4v) is 2.56. The minimum absolute atomic E-state index is 0.174. The summed E-state index contributed by atoms with van der Waals surface area (Å²) in [7, 11) is 0. The van der Waals surface area contributed by atoms with E-state index >= 15 is 0 Å². The molecule has 0 radical (unpaired) electrons. The van der Waals surface area contributed by atoms with E-state index in [-0.39, 0.29) is 5.41 Å². The third-order valence-electron chi connectivity index (χ3n) is 3.51. The van der Waals surface area contributed by atoms with Gasteiger partial charge in [0.25, 0.3) is 0 Å². The van der Waals surface area contributed by atoms with Gasteiger partial charge < -0.3 is 9.88 Å². The van der Waals surface area contributed by atoms with E-state index in [1.165, 1.54) is 18.5 Å². The van der Waals surface area contributed by atoms with E-state index in [0.717, 1.165) is 6.54 Å². The molecule has 1 aliphatic rings. The van der Waals surface area contributed by atoms with Crippen LogP contribution in [0.15, 0.2) is 12.5 Å². The molecule has 0 aliphatic carbocycles. The lowest BCUT2D eigenvalue weighted by molar-refractivity contribution is 0.283. The first-order valence-corrected chi connectivity index (χ1v) is 6.26. The maximum Gasteiger partial charge on any atom is 0.0951 e. The molecule has 0 amide bonds. The topological polar surface area (TPSA) is 29.9 Å². The van der Waals surface area contributed by atoms with Gasteiger partial charge in [-0.3, -0.25) is 0 Å².